The van der Waals surface area contributed by atoms with Crippen LogP contribution in [0.25, 0.3) is 0 Å². The second kappa shape index (κ2) is 14.3. The first-order valence-corrected chi connectivity index (χ1v) is 12.1. The number of ether oxygens (including phenoxy) is 1. The number of aliphatic hydroxyl groups excluding tert-OH is 3. The highest BCUT2D eigenvalue weighted by molar-refractivity contribution is 6.18. The maximum Gasteiger partial charge on any atom is 0.217 e. The predicted octanol–water partition coefficient (Wildman–Crippen LogP) is 0.710. The van der Waals surface area contributed by atoms with Gasteiger partial charge in [-0.25, -0.2) is 0 Å². The van der Waals surface area contributed by atoms with E-state index in [0.717, 1.165) is 30.8 Å². The SMILES string of the molecule is CON(CCCc1ccc(N(CCCl)CCCl)cc1)C1O[C@H](CO)[C@@H](O)[C@H](O)[C@@H]1NC(C)=O. The molecule has 2 rings (SSSR count). The van der Waals surface area contributed by atoms with Crippen LogP contribution in [0.1, 0.15) is 18.9 Å². The van der Waals surface area contributed by atoms with E-state index in [1.54, 1.807) is 0 Å². The zero-order valence-corrected chi connectivity index (χ0v) is 20.6. The third-order valence-corrected chi connectivity index (χ3v) is 5.98. The first-order chi connectivity index (χ1) is 15.9. The van der Waals surface area contributed by atoms with Crippen molar-refractivity contribution in [2.75, 3.05) is 50.0 Å². The van der Waals surface area contributed by atoms with Crippen molar-refractivity contribution in [3.05, 3.63) is 29.8 Å². The number of rotatable bonds is 13. The molecule has 188 valence electrons. The number of benzene rings is 1. The molecule has 1 aliphatic rings. The molecule has 0 bridgehead atoms. The van der Waals surface area contributed by atoms with Gasteiger partial charge in [-0.3, -0.25) is 9.63 Å². The fourth-order valence-electron chi connectivity index (χ4n) is 3.94. The number of nitrogens with one attached hydrogen (secondary N) is 1. The Kier molecular flexibility index (Phi) is 12.1. The molecule has 9 nitrogen and oxygen atoms in total. The zero-order valence-electron chi connectivity index (χ0n) is 19.1. The van der Waals surface area contributed by atoms with Crippen LogP contribution in [0.3, 0.4) is 0 Å². The predicted molar refractivity (Wildman–Crippen MR) is 127 cm³/mol. The highest BCUT2D eigenvalue weighted by Crippen LogP contribution is 2.24. The van der Waals surface area contributed by atoms with Crippen LogP contribution < -0.4 is 10.2 Å². The molecule has 1 aromatic carbocycles. The Balaban J connectivity index is 2.00. The molecule has 11 heteroatoms. The van der Waals surface area contributed by atoms with Gasteiger partial charge in [0.25, 0.3) is 0 Å². The highest BCUT2D eigenvalue weighted by atomic mass is 35.5. The molecule has 4 N–H and O–H groups in total. The number of hydrogen-bond acceptors (Lipinski definition) is 8. The lowest BCUT2D eigenvalue weighted by molar-refractivity contribution is -0.304. The summed E-state index contributed by atoms with van der Waals surface area (Å²) < 4.78 is 5.77. The standard InChI is InChI=1S/C22H35Cl2N3O6/c1-15(29)25-19-21(31)20(30)18(14-28)33-22(19)27(32-2)11-3-4-16-5-7-17(8-6-16)26(12-9-23)13-10-24/h5-8,18-22,28,30-31H,3-4,9-14H2,1-2H3,(H,25,29)/t18-,19+,20-,21-,22?/m1/s1. The first-order valence-electron chi connectivity index (χ1n) is 11.0. The molecule has 1 unspecified atom stereocenters. The molecule has 33 heavy (non-hydrogen) atoms. The number of hydroxylamine groups is 2. The summed E-state index contributed by atoms with van der Waals surface area (Å²) in [5, 5.41) is 34.3. The normalized spacial score (nSPS) is 25.3. The van der Waals surface area contributed by atoms with E-state index in [0.29, 0.717) is 24.7 Å². The number of amides is 1. The van der Waals surface area contributed by atoms with Gasteiger partial charge in [-0.2, -0.15) is 5.06 Å². The lowest BCUT2D eigenvalue weighted by Gasteiger charge is -2.45. The largest absolute Gasteiger partial charge is 0.394 e. The number of nitrogens with zero attached hydrogens (tertiary/aromatic N) is 2. The number of hydrogen-bond donors (Lipinski definition) is 4. The van der Waals surface area contributed by atoms with Crippen LogP contribution in [0, 0.1) is 0 Å². The molecule has 5 atom stereocenters. The van der Waals surface area contributed by atoms with Crippen molar-refractivity contribution in [2.45, 2.75) is 50.3 Å². The number of carbonyl (C=O) groups is 1. The number of aliphatic hydroxyl groups is 3. The van der Waals surface area contributed by atoms with Crippen LogP contribution in [0.2, 0.25) is 0 Å². The number of aryl methyl sites for hydroxylation is 1. The van der Waals surface area contributed by atoms with Crippen LogP contribution in [0.4, 0.5) is 5.69 Å². The van der Waals surface area contributed by atoms with E-state index in [9.17, 15) is 20.1 Å². The van der Waals surface area contributed by atoms with Gasteiger partial charge in [0.05, 0.1) is 19.8 Å². The van der Waals surface area contributed by atoms with Crippen molar-refractivity contribution >= 4 is 34.8 Å². The minimum atomic E-state index is -1.34. The van der Waals surface area contributed by atoms with Gasteiger partial charge in [0, 0.05) is 44.0 Å². The van der Waals surface area contributed by atoms with Crippen LogP contribution in [0.15, 0.2) is 24.3 Å². The Morgan fingerprint density at radius 3 is 2.27 bits per heavy atom. The number of carbonyl (C=O) groups excluding carboxylic acids is 1. The van der Waals surface area contributed by atoms with E-state index >= 15 is 0 Å². The third kappa shape index (κ3) is 7.93. The summed E-state index contributed by atoms with van der Waals surface area (Å²) in [5.74, 6) is 0.671. The van der Waals surface area contributed by atoms with E-state index in [-0.39, 0.29) is 5.91 Å². The Labute approximate surface area is 205 Å². The molecule has 0 radical (unpaired) electrons. The minimum absolute atomic E-state index is 0.379. The Bertz CT molecular complexity index is 708. The topological polar surface area (TPSA) is 115 Å². The summed E-state index contributed by atoms with van der Waals surface area (Å²) in [6, 6.07) is 7.28. The molecule has 0 aliphatic carbocycles. The fraction of sp³-hybridized carbons (Fsp3) is 0.682. The number of halogens is 2. The zero-order chi connectivity index (χ0) is 24.4. The second-order valence-electron chi connectivity index (χ2n) is 7.91. The average Bonchev–Trinajstić information content (AvgIpc) is 2.80. The Hall–Kier alpha value is -1.17. The number of anilines is 1. The smallest absolute Gasteiger partial charge is 0.217 e. The first kappa shape index (κ1) is 28.1. The summed E-state index contributed by atoms with van der Waals surface area (Å²) in [6.45, 7) is 2.72. The van der Waals surface area contributed by atoms with Crippen LogP contribution >= 0.6 is 23.2 Å². The van der Waals surface area contributed by atoms with Crippen molar-refractivity contribution in [1.29, 1.82) is 0 Å². The van der Waals surface area contributed by atoms with Crippen LogP contribution in [-0.2, 0) is 20.8 Å². The molecule has 1 amide bonds. The lowest BCUT2D eigenvalue weighted by Crippen LogP contribution is -2.67. The van der Waals surface area contributed by atoms with Gasteiger partial charge < -0.3 is 30.3 Å². The number of alkyl halides is 2. The van der Waals surface area contributed by atoms with E-state index in [1.807, 2.05) is 12.1 Å². The summed E-state index contributed by atoms with van der Waals surface area (Å²) >= 11 is 11.8. The van der Waals surface area contributed by atoms with Crippen molar-refractivity contribution in [1.82, 2.24) is 10.4 Å². The minimum Gasteiger partial charge on any atom is -0.394 e. The van der Waals surface area contributed by atoms with Crippen molar-refractivity contribution in [3.8, 4) is 0 Å². The molecular weight excluding hydrogens is 473 g/mol. The fourth-order valence-corrected chi connectivity index (χ4v) is 4.35. The van der Waals surface area contributed by atoms with E-state index in [2.05, 4.69) is 22.3 Å². The van der Waals surface area contributed by atoms with E-state index in [4.69, 9.17) is 32.8 Å². The van der Waals surface area contributed by atoms with Crippen LogP contribution in [-0.4, -0.2) is 102 Å². The highest BCUT2D eigenvalue weighted by Gasteiger charge is 2.47. The summed E-state index contributed by atoms with van der Waals surface area (Å²) in [6.07, 6.45) is -3.07. The van der Waals surface area contributed by atoms with Crippen LogP contribution in [0.5, 0.6) is 0 Å². The summed E-state index contributed by atoms with van der Waals surface area (Å²) in [4.78, 5) is 19.2. The van der Waals surface area contributed by atoms with E-state index < -0.39 is 37.2 Å². The molecule has 0 aromatic heterocycles. The molecule has 1 fully saturated rings. The Morgan fingerprint density at radius 2 is 1.76 bits per heavy atom. The molecular formula is C22H35Cl2N3O6. The molecule has 0 saturated carbocycles. The molecule has 1 aromatic rings. The van der Waals surface area contributed by atoms with Gasteiger partial charge in [0.1, 0.15) is 18.3 Å². The maximum atomic E-state index is 11.6. The maximum absolute atomic E-state index is 11.6. The summed E-state index contributed by atoms with van der Waals surface area (Å²) in [7, 11) is 1.47. The Morgan fingerprint density at radius 1 is 1.12 bits per heavy atom. The monoisotopic (exact) mass is 507 g/mol. The van der Waals surface area contributed by atoms with Gasteiger partial charge in [0.2, 0.25) is 5.91 Å². The van der Waals surface area contributed by atoms with Gasteiger partial charge in [-0.15, -0.1) is 23.2 Å². The molecule has 1 heterocycles. The van der Waals surface area contributed by atoms with Crippen molar-refractivity contribution in [2.24, 2.45) is 0 Å². The van der Waals surface area contributed by atoms with Gasteiger partial charge in [-0.1, -0.05) is 12.1 Å². The van der Waals surface area contributed by atoms with Gasteiger partial charge in [0.15, 0.2) is 6.23 Å². The van der Waals surface area contributed by atoms with E-state index in [1.165, 1.54) is 19.1 Å². The molecule has 1 saturated heterocycles. The lowest BCUT2D eigenvalue weighted by atomic mass is 9.95. The van der Waals surface area contributed by atoms with Gasteiger partial charge >= 0.3 is 0 Å². The van der Waals surface area contributed by atoms with Gasteiger partial charge in [-0.05, 0) is 30.5 Å². The molecule has 0 spiro atoms. The van der Waals surface area contributed by atoms with Crippen molar-refractivity contribution < 1.29 is 29.7 Å². The van der Waals surface area contributed by atoms with Crippen molar-refractivity contribution in [3.63, 3.8) is 0 Å². The third-order valence-electron chi connectivity index (χ3n) is 5.64. The second-order valence-corrected chi connectivity index (χ2v) is 8.67. The quantitative estimate of drug-likeness (QED) is 0.228. The average molecular weight is 508 g/mol. The summed E-state index contributed by atoms with van der Waals surface area (Å²) in [5.41, 5.74) is 2.20. The molecule has 1 aliphatic heterocycles.